The summed E-state index contributed by atoms with van der Waals surface area (Å²) in [5, 5.41) is 5.91. The maximum atomic E-state index is 11.1. The molecule has 0 spiro atoms. The molecule has 0 fully saturated rings. The molecular weight excluding hydrogens is 228 g/mol. The first-order valence-corrected chi connectivity index (χ1v) is 7.65. The summed E-state index contributed by atoms with van der Waals surface area (Å²) in [6.45, 7) is 7.30. The minimum atomic E-state index is 0.163. The van der Waals surface area contributed by atoms with Gasteiger partial charge in [0, 0.05) is 31.0 Å². The second-order valence-corrected chi connectivity index (χ2v) is 5.60. The molecule has 3 nitrogen and oxygen atoms in total. The molecule has 0 aromatic rings. The van der Waals surface area contributed by atoms with Gasteiger partial charge in [-0.3, -0.25) is 4.79 Å². The SMILES string of the molecule is C=CNCCSSCCNC(=O)CCC. The first-order valence-electron chi connectivity index (χ1n) is 5.16. The predicted octanol–water partition coefficient (Wildman–Crippen LogP) is 2.02. The van der Waals surface area contributed by atoms with Crippen LogP contribution < -0.4 is 10.6 Å². The molecule has 0 aliphatic rings. The minimum Gasteiger partial charge on any atom is -0.391 e. The summed E-state index contributed by atoms with van der Waals surface area (Å²) in [7, 11) is 3.60. The highest BCUT2D eigenvalue weighted by molar-refractivity contribution is 8.76. The van der Waals surface area contributed by atoms with E-state index < -0.39 is 0 Å². The van der Waals surface area contributed by atoms with Gasteiger partial charge in [-0.15, -0.1) is 0 Å². The Kier molecular flexibility index (Phi) is 11.6. The molecule has 0 atom stereocenters. The molecule has 0 heterocycles. The highest BCUT2D eigenvalue weighted by atomic mass is 33.1. The summed E-state index contributed by atoms with van der Waals surface area (Å²) in [5.74, 6) is 2.18. The Balaban J connectivity index is 3.04. The highest BCUT2D eigenvalue weighted by Gasteiger charge is 1.97. The lowest BCUT2D eigenvalue weighted by Gasteiger charge is -2.03. The summed E-state index contributed by atoms with van der Waals surface area (Å²) >= 11 is 0. The van der Waals surface area contributed by atoms with Crippen molar-refractivity contribution in [2.24, 2.45) is 0 Å². The van der Waals surface area contributed by atoms with Crippen molar-refractivity contribution in [3.63, 3.8) is 0 Å². The van der Waals surface area contributed by atoms with Crippen molar-refractivity contribution in [3.05, 3.63) is 12.8 Å². The van der Waals surface area contributed by atoms with Gasteiger partial charge in [-0.05, 0) is 12.6 Å². The molecule has 0 aliphatic heterocycles. The lowest BCUT2D eigenvalue weighted by Crippen LogP contribution is -2.24. The molecule has 0 radical (unpaired) electrons. The maximum absolute atomic E-state index is 11.1. The smallest absolute Gasteiger partial charge is 0.220 e. The molecule has 0 unspecified atom stereocenters. The molecule has 0 bridgehead atoms. The Morgan fingerprint density at radius 1 is 1.33 bits per heavy atom. The van der Waals surface area contributed by atoms with E-state index in [2.05, 4.69) is 17.2 Å². The molecule has 15 heavy (non-hydrogen) atoms. The van der Waals surface area contributed by atoms with Crippen molar-refractivity contribution in [1.29, 1.82) is 0 Å². The van der Waals surface area contributed by atoms with Gasteiger partial charge in [0.05, 0.1) is 0 Å². The monoisotopic (exact) mass is 248 g/mol. The van der Waals surface area contributed by atoms with Crippen molar-refractivity contribution in [1.82, 2.24) is 10.6 Å². The van der Waals surface area contributed by atoms with Crippen molar-refractivity contribution in [2.45, 2.75) is 19.8 Å². The van der Waals surface area contributed by atoms with E-state index in [1.54, 1.807) is 17.0 Å². The van der Waals surface area contributed by atoms with E-state index in [0.717, 1.165) is 31.0 Å². The van der Waals surface area contributed by atoms with Gasteiger partial charge >= 0.3 is 0 Å². The van der Waals surface area contributed by atoms with Crippen LogP contribution in [0.1, 0.15) is 19.8 Å². The number of carbonyl (C=O) groups is 1. The number of rotatable bonds is 10. The third-order valence-corrected chi connectivity index (χ3v) is 3.95. The quantitative estimate of drug-likeness (QED) is 0.458. The summed E-state index contributed by atoms with van der Waals surface area (Å²) in [6.07, 6.45) is 3.26. The van der Waals surface area contributed by atoms with E-state index in [1.165, 1.54) is 0 Å². The lowest BCUT2D eigenvalue weighted by molar-refractivity contribution is -0.120. The van der Waals surface area contributed by atoms with Crippen molar-refractivity contribution in [3.8, 4) is 0 Å². The molecule has 2 N–H and O–H groups in total. The van der Waals surface area contributed by atoms with Crippen LogP contribution in [0.2, 0.25) is 0 Å². The Bertz CT molecular complexity index is 177. The first-order chi connectivity index (χ1) is 7.31. The fourth-order valence-electron chi connectivity index (χ4n) is 0.868. The van der Waals surface area contributed by atoms with Crippen LogP contribution in [0.15, 0.2) is 12.8 Å². The van der Waals surface area contributed by atoms with Crippen LogP contribution in [0.5, 0.6) is 0 Å². The number of hydrogen-bond donors (Lipinski definition) is 2. The van der Waals surface area contributed by atoms with Crippen molar-refractivity contribution >= 4 is 27.5 Å². The van der Waals surface area contributed by atoms with Gasteiger partial charge < -0.3 is 10.6 Å². The number of carbonyl (C=O) groups excluding carboxylic acids is 1. The zero-order valence-electron chi connectivity index (χ0n) is 9.25. The number of nitrogens with one attached hydrogen (secondary N) is 2. The van der Waals surface area contributed by atoms with Gasteiger partial charge in [0.1, 0.15) is 0 Å². The summed E-state index contributed by atoms with van der Waals surface area (Å²) in [6, 6.07) is 0. The average molecular weight is 248 g/mol. The Morgan fingerprint density at radius 2 is 2.00 bits per heavy atom. The number of hydrogen-bond acceptors (Lipinski definition) is 4. The third-order valence-electron chi connectivity index (χ3n) is 1.54. The van der Waals surface area contributed by atoms with Crippen LogP contribution in [0.3, 0.4) is 0 Å². The zero-order valence-corrected chi connectivity index (χ0v) is 10.9. The van der Waals surface area contributed by atoms with Crippen LogP contribution >= 0.6 is 21.6 Å². The molecule has 0 saturated heterocycles. The topological polar surface area (TPSA) is 41.1 Å². The lowest BCUT2D eigenvalue weighted by atomic mass is 10.3. The van der Waals surface area contributed by atoms with Gasteiger partial charge in [-0.25, -0.2) is 0 Å². The molecular formula is C10H20N2OS2. The van der Waals surface area contributed by atoms with E-state index >= 15 is 0 Å². The fourth-order valence-corrected chi connectivity index (χ4v) is 2.70. The van der Waals surface area contributed by atoms with E-state index in [-0.39, 0.29) is 5.91 Å². The normalized spacial score (nSPS) is 9.67. The molecule has 0 saturated carbocycles. The van der Waals surface area contributed by atoms with Gasteiger partial charge in [-0.2, -0.15) is 0 Å². The summed E-state index contributed by atoms with van der Waals surface area (Å²) < 4.78 is 0. The minimum absolute atomic E-state index is 0.163. The zero-order chi connectivity index (χ0) is 11.4. The molecule has 0 aromatic heterocycles. The highest BCUT2D eigenvalue weighted by Crippen LogP contribution is 2.19. The van der Waals surface area contributed by atoms with Crippen molar-refractivity contribution in [2.75, 3.05) is 24.6 Å². The van der Waals surface area contributed by atoms with E-state index in [4.69, 9.17) is 0 Å². The van der Waals surface area contributed by atoms with E-state index in [0.29, 0.717) is 6.42 Å². The van der Waals surface area contributed by atoms with E-state index in [1.807, 2.05) is 17.7 Å². The maximum Gasteiger partial charge on any atom is 0.220 e. The van der Waals surface area contributed by atoms with Crippen LogP contribution in [-0.4, -0.2) is 30.5 Å². The second kappa shape index (κ2) is 11.8. The number of amides is 1. The third kappa shape index (κ3) is 11.6. The Hall–Kier alpha value is -0.290. The first kappa shape index (κ1) is 14.7. The predicted molar refractivity (Wildman–Crippen MR) is 71.0 cm³/mol. The van der Waals surface area contributed by atoms with Gasteiger partial charge in [-0.1, -0.05) is 35.1 Å². The largest absolute Gasteiger partial charge is 0.391 e. The van der Waals surface area contributed by atoms with Crippen LogP contribution in [0.25, 0.3) is 0 Å². The molecule has 0 rings (SSSR count). The second-order valence-electron chi connectivity index (χ2n) is 2.90. The van der Waals surface area contributed by atoms with Gasteiger partial charge in [0.15, 0.2) is 0 Å². The van der Waals surface area contributed by atoms with Gasteiger partial charge in [0.25, 0.3) is 0 Å². The average Bonchev–Trinajstić information content (AvgIpc) is 2.22. The van der Waals surface area contributed by atoms with Gasteiger partial charge in [0.2, 0.25) is 5.91 Å². The Morgan fingerprint density at radius 3 is 2.60 bits per heavy atom. The molecule has 1 amide bonds. The summed E-state index contributed by atoms with van der Waals surface area (Å²) in [4.78, 5) is 11.1. The molecule has 0 aliphatic carbocycles. The van der Waals surface area contributed by atoms with Crippen molar-refractivity contribution < 1.29 is 4.79 Å². The fraction of sp³-hybridized carbons (Fsp3) is 0.700. The standard InChI is InChI=1S/C10H20N2OS2/c1-3-5-10(13)12-7-9-15-14-8-6-11-4-2/h4,11H,2-3,5-9H2,1H3,(H,12,13). The van der Waals surface area contributed by atoms with Crippen LogP contribution in [-0.2, 0) is 4.79 Å². The Labute approximate surface area is 100 Å². The molecule has 0 aromatic carbocycles. The summed E-state index contributed by atoms with van der Waals surface area (Å²) in [5.41, 5.74) is 0. The van der Waals surface area contributed by atoms with Crippen LogP contribution in [0.4, 0.5) is 0 Å². The molecule has 5 heteroatoms. The van der Waals surface area contributed by atoms with Crippen LogP contribution in [0, 0.1) is 0 Å². The van der Waals surface area contributed by atoms with E-state index in [9.17, 15) is 4.79 Å². The molecule has 88 valence electrons.